The van der Waals surface area contributed by atoms with E-state index < -0.39 is 0 Å². The van der Waals surface area contributed by atoms with Gasteiger partial charge < -0.3 is 4.74 Å². The Labute approximate surface area is 66.3 Å². The fraction of sp³-hybridized carbons (Fsp3) is 0.375. The van der Waals surface area contributed by atoms with Gasteiger partial charge in [0.15, 0.2) is 5.75 Å². The fourth-order valence-corrected chi connectivity index (χ4v) is 0.714. The molecule has 1 rings (SSSR count). The molecule has 3 nitrogen and oxygen atoms in total. The number of hydrogen-bond acceptors (Lipinski definition) is 2. The number of ether oxygens (including phenoxy) is 1. The minimum Gasteiger partial charge on any atom is -0.486 e. The summed E-state index contributed by atoms with van der Waals surface area (Å²) < 4.78 is 7.01. The zero-order valence-electron chi connectivity index (χ0n) is 6.82. The highest BCUT2D eigenvalue weighted by molar-refractivity contribution is 5.11. The number of aryl methyl sites for hydroxylation is 1. The van der Waals surface area contributed by atoms with Gasteiger partial charge in [0, 0.05) is 7.05 Å². The van der Waals surface area contributed by atoms with Gasteiger partial charge >= 0.3 is 0 Å². The van der Waals surface area contributed by atoms with Crippen LogP contribution in [0.1, 0.15) is 6.92 Å². The molecular formula is C8H12N2O. The fourth-order valence-electron chi connectivity index (χ4n) is 0.714. The van der Waals surface area contributed by atoms with Crippen LogP contribution < -0.4 is 4.74 Å². The lowest BCUT2D eigenvalue weighted by molar-refractivity contribution is 0.362. The Bertz CT molecular complexity index is 240. The molecule has 60 valence electrons. The second-order valence-electron chi connectivity index (χ2n) is 2.23. The van der Waals surface area contributed by atoms with Crippen LogP contribution in [0.15, 0.2) is 24.5 Å². The first-order chi connectivity index (χ1) is 5.33. The van der Waals surface area contributed by atoms with E-state index in [1.54, 1.807) is 10.9 Å². The lowest BCUT2D eigenvalue weighted by atomic mass is 10.5. The number of hydrogen-bond donors (Lipinski definition) is 0. The van der Waals surface area contributed by atoms with Crippen LogP contribution in [0, 0.1) is 0 Å². The third-order valence-electron chi connectivity index (χ3n) is 1.26. The van der Waals surface area contributed by atoms with Crippen molar-refractivity contribution in [2.45, 2.75) is 6.92 Å². The summed E-state index contributed by atoms with van der Waals surface area (Å²) in [6, 6.07) is 0. The maximum Gasteiger partial charge on any atom is 0.157 e. The zero-order chi connectivity index (χ0) is 8.10. The molecule has 0 aliphatic carbocycles. The molecule has 0 aromatic carbocycles. The molecule has 1 aromatic heterocycles. The molecule has 1 aromatic rings. The van der Waals surface area contributed by atoms with Crippen LogP contribution in [0.4, 0.5) is 0 Å². The predicted molar refractivity (Wildman–Crippen MR) is 43.5 cm³/mol. The molecule has 0 aliphatic heterocycles. The van der Waals surface area contributed by atoms with E-state index in [0.29, 0.717) is 6.61 Å². The van der Waals surface area contributed by atoms with Crippen LogP contribution in [0.25, 0.3) is 0 Å². The molecular weight excluding hydrogens is 140 g/mol. The van der Waals surface area contributed by atoms with E-state index in [-0.39, 0.29) is 0 Å². The predicted octanol–water partition coefficient (Wildman–Crippen LogP) is 1.38. The van der Waals surface area contributed by atoms with Gasteiger partial charge in [0.2, 0.25) is 0 Å². The van der Waals surface area contributed by atoms with Crippen molar-refractivity contribution in [3.8, 4) is 5.75 Å². The summed E-state index contributed by atoms with van der Waals surface area (Å²) in [5.41, 5.74) is 0. The van der Waals surface area contributed by atoms with E-state index in [1.807, 2.05) is 32.3 Å². The summed E-state index contributed by atoms with van der Waals surface area (Å²) in [7, 11) is 1.86. The highest BCUT2D eigenvalue weighted by Crippen LogP contribution is 2.05. The van der Waals surface area contributed by atoms with E-state index >= 15 is 0 Å². The Balaban J connectivity index is 2.38. The van der Waals surface area contributed by atoms with Crippen molar-refractivity contribution in [1.82, 2.24) is 9.78 Å². The third kappa shape index (κ3) is 2.45. The monoisotopic (exact) mass is 152 g/mol. The lowest BCUT2D eigenvalue weighted by Gasteiger charge is -1.95. The Hall–Kier alpha value is -1.25. The molecule has 3 heteroatoms. The lowest BCUT2D eigenvalue weighted by Crippen LogP contribution is -1.91. The van der Waals surface area contributed by atoms with Crippen molar-refractivity contribution in [3.05, 3.63) is 24.5 Å². The van der Waals surface area contributed by atoms with Gasteiger partial charge in [-0.25, -0.2) is 0 Å². The van der Waals surface area contributed by atoms with Crippen LogP contribution in [0.2, 0.25) is 0 Å². The first-order valence-corrected chi connectivity index (χ1v) is 3.55. The first-order valence-electron chi connectivity index (χ1n) is 3.55. The number of allylic oxidation sites excluding steroid dienone is 1. The van der Waals surface area contributed by atoms with Crippen molar-refractivity contribution in [1.29, 1.82) is 0 Å². The molecule has 0 saturated carbocycles. The molecule has 0 amide bonds. The summed E-state index contributed by atoms with van der Waals surface area (Å²) in [5.74, 6) is 0.811. The van der Waals surface area contributed by atoms with Crippen LogP contribution in [0.5, 0.6) is 5.75 Å². The summed E-state index contributed by atoms with van der Waals surface area (Å²) >= 11 is 0. The van der Waals surface area contributed by atoms with Crippen LogP contribution in [-0.2, 0) is 7.05 Å². The topological polar surface area (TPSA) is 27.1 Å². The van der Waals surface area contributed by atoms with Crippen molar-refractivity contribution < 1.29 is 4.74 Å². The maximum absolute atomic E-state index is 5.30. The van der Waals surface area contributed by atoms with Gasteiger partial charge in [-0.1, -0.05) is 12.2 Å². The average molecular weight is 152 g/mol. The molecule has 0 spiro atoms. The van der Waals surface area contributed by atoms with E-state index in [1.165, 1.54) is 0 Å². The highest BCUT2D eigenvalue weighted by atomic mass is 16.5. The molecule has 0 atom stereocenters. The second-order valence-corrected chi connectivity index (χ2v) is 2.23. The minimum atomic E-state index is 0.613. The van der Waals surface area contributed by atoms with E-state index in [4.69, 9.17) is 4.74 Å². The largest absolute Gasteiger partial charge is 0.486 e. The van der Waals surface area contributed by atoms with Crippen molar-refractivity contribution >= 4 is 0 Å². The molecule has 0 bridgehead atoms. The summed E-state index contributed by atoms with van der Waals surface area (Å²) in [4.78, 5) is 0. The molecule has 11 heavy (non-hydrogen) atoms. The molecule has 0 saturated heterocycles. The standard InChI is InChI=1S/C8H12N2O/c1-3-4-5-11-8-6-9-10(2)7-8/h3-4,6-7H,5H2,1-2H3/b4-3+. The van der Waals surface area contributed by atoms with Gasteiger partial charge in [0.1, 0.15) is 6.61 Å². The van der Waals surface area contributed by atoms with Crippen molar-refractivity contribution in [2.24, 2.45) is 7.05 Å². The normalized spacial score (nSPS) is 10.7. The summed E-state index contributed by atoms with van der Waals surface area (Å²) in [6.45, 7) is 2.58. The molecule has 0 radical (unpaired) electrons. The van der Waals surface area contributed by atoms with Crippen LogP contribution >= 0.6 is 0 Å². The van der Waals surface area contributed by atoms with E-state index in [0.717, 1.165) is 5.75 Å². The van der Waals surface area contributed by atoms with Gasteiger partial charge in [-0.2, -0.15) is 5.10 Å². The summed E-state index contributed by atoms with van der Waals surface area (Å²) in [5, 5.41) is 3.96. The Morgan fingerprint density at radius 3 is 3.09 bits per heavy atom. The minimum absolute atomic E-state index is 0.613. The van der Waals surface area contributed by atoms with Crippen LogP contribution in [0.3, 0.4) is 0 Å². The Morgan fingerprint density at radius 1 is 1.73 bits per heavy atom. The van der Waals surface area contributed by atoms with Crippen molar-refractivity contribution in [3.63, 3.8) is 0 Å². The molecule has 0 N–H and O–H groups in total. The smallest absolute Gasteiger partial charge is 0.157 e. The number of rotatable bonds is 3. The van der Waals surface area contributed by atoms with E-state index in [9.17, 15) is 0 Å². The number of aromatic nitrogens is 2. The quantitative estimate of drug-likeness (QED) is 0.612. The van der Waals surface area contributed by atoms with Gasteiger partial charge in [-0.3, -0.25) is 4.68 Å². The average Bonchev–Trinajstić information content (AvgIpc) is 2.37. The molecule has 0 fully saturated rings. The SMILES string of the molecule is C/C=C/COc1cnn(C)c1. The first kappa shape index (κ1) is 7.85. The molecule has 0 unspecified atom stereocenters. The Morgan fingerprint density at radius 2 is 2.55 bits per heavy atom. The summed E-state index contributed by atoms with van der Waals surface area (Å²) in [6.07, 6.45) is 7.44. The highest BCUT2D eigenvalue weighted by Gasteiger charge is 1.92. The van der Waals surface area contributed by atoms with Gasteiger partial charge in [0.25, 0.3) is 0 Å². The van der Waals surface area contributed by atoms with Crippen molar-refractivity contribution in [2.75, 3.05) is 6.61 Å². The third-order valence-corrected chi connectivity index (χ3v) is 1.26. The van der Waals surface area contributed by atoms with E-state index in [2.05, 4.69) is 5.10 Å². The maximum atomic E-state index is 5.30. The Kier molecular flexibility index (Phi) is 2.72. The molecule has 1 heterocycles. The molecule has 0 aliphatic rings. The zero-order valence-corrected chi connectivity index (χ0v) is 6.82. The van der Waals surface area contributed by atoms with Crippen LogP contribution in [-0.4, -0.2) is 16.4 Å². The van der Waals surface area contributed by atoms with Gasteiger partial charge in [-0.15, -0.1) is 0 Å². The number of nitrogens with zero attached hydrogens (tertiary/aromatic N) is 2. The van der Waals surface area contributed by atoms with Gasteiger partial charge in [-0.05, 0) is 6.92 Å². The van der Waals surface area contributed by atoms with Gasteiger partial charge in [0.05, 0.1) is 12.4 Å². The second kappa shape index (κ2) is 3.81.